The molecule has 0 heterocycles. The fourth-order valence-electron chi connectivity index (χ4n) is 2.08. The van der Waals surface area contributed by atoms with E-state index in [4.69, 9.17) is 42.7 Å². The fourth-order valence-corrected chi connectivity index (χ4v) is 2.46. The van der Waals surface area contributed by atoms with E-state index in [0.29, 0.717) is 0 Å². The van der Waals surface area contributed by atoms with E-state index in [1.54, 1.807) is 0 Å². The van der Waals surface area contributed by atoms with Crippen molar-refractivity contribution in [3.8, 4) is 23.3 Å². The summed E-state index contributed by atoms with van der Waals surface area (Å²) in [5.41, 5.74) is -0.904. The Hall–Kier alpha value is -2.63. The van der Waals surface area contributed by atoms with Crippen LogP contribution in [0.5, 0.6) is 17.2 Å². The van der Waals surface area contributed by atoms with Crippen LogP contribution in [0, 0.1) is 11.3 Å². The van der Waals surface area contributed by atoms with E-state index in [1.165, 1.54) is 25.1 Å². The normalized spacial score (nSPS) is 12.0. The number of rotatable bonds is 7. The molecular formula is C19H14Cl2F3NO4. The van der Waals surface area contributed by atoms with Gasteiger partial charge in [-0.3, -0.25) is 0 Å². The van der Waals surface area contributed by atoms with Gasteiger partial charge in [0, 0.05) is 6.07 Å². The molecule has 0 aliphatic carbocycles. The maximum absolute atomic E-state index is 12.7. The lowest BCUT2D eigenvalue weighted by Gasteiger charge is -2.16. The third kappa shape index (κ3) is 6.44. The molecular weight excluding hydrogens is 434 g/mol. The Morgan fingerprint density at radius 1 is 1.14 bits per heavy atom. The molecule has 0 bridgehead atoms. The van der Waals surface area contributed by atoms with Crippen molar-refractivity contribution in [2.45, 2.75) is 25.6 Å². The van der Waals surface area contributed by atoms with Crippen LogP contribution in [0.1, 0.15) is 18.9 Å². The Bertz CT molecular complexity index is 929. The van der Waals surface area contributed by atoms with Gasteiger partial charge in [0.15, 0.2) is 6.10 Å². The van der Waals surface area contributed by atoms with Crippen LogP contribution >= 0.6 is 23.2 Å². The SMILES string of the molecule is CC(Oc1cc(Oc2ccc(C(F)(F)F)cc2Cl)ccc1Cl)C(=O)OCCC#N. The molecule has 29 heavy (non-hydrogen) atoms. The second-order valence-electron chi connectivity index (χ2n) is 5.67. The van der Waals surface area contributed by atoms with Crippen molar-refractivity contribution < 1.29 is 32.2 Å². The summed E-state index contributed by atoms with van der Waals surface area (Å²) >= 11 is 11.9. The lowest BCUT2D eigenvalue weighted by molar-refractivity contribution is -0.150. The minimum atomic E-state index is -4.53. The zero-order valence-electron chi connectivity index (χ0n) is 14.9. The number of nitrogens with zero attached hydrogens (tertiary/aromatic N) is 1. The van der Waals surface area contributed by atoms with Crippen LogP contribution < -0.4 is 9.47 Å². The summed E-state index contributed by atoms with van der Waals surface area (Å²) in [6, 6.07) is 8.77. The number of esters is 1. The number of carbonyl (C=O) groups excluding carboxylic acids is 1. The summed E-state index contributed by atoms with van der Waals surface area (Å²) in [5, 5.41) is 8.39. The monoisotopic (exact) mass is 447 g/mol. The zero-order chi connectivity index (χ0) is 21.6. The van der Waals surface area contributed by atoms with Gasteiger partial charge in [0.1, 0.15) is 23.9 Å². The van der Waals surface area contributed by atoms with Gasteiger partial charge in [0.05, 0.1) is 28.1 Å². The lowest BCUT2D eigenvalue weighted by Crippen LogP contribution is -2.26. The van der Waals surface area contributed by atoms with E-state index in [-0.39, 0.29) is 40.3 Å². The highest BCUT2D eigenvalue weighted by molar-refractivity contribution is 6.32. The van der Waals surface area contributed by atoms with Gasteiger partial charge in [-0.15, -0.1) is 0 Å². The molecule has 0 fully saturated rings. The topological polar surface area (TPSA) is 68.6 Å². The minimum absolute atomic E-state index is 0.00287. The molecule has 0 spiro atoms. The minimum Gasteiger partial charge on any atom is -0.477 e. The summed E-state index contributed by atoms with van der Waals surface area (Å²) < 4.78 is 54.0. The largest absolute Gasteiger partial charge is 0.477 e. The molecule has 1 unspecified atom stereocenters. The van der Waals surface area contributed by atoms with E-state index >= 15 is 0 Å². The molecule has 0 aliphatic rings. The summed E-state index contributed by atoms with van der Waals surface area (Å²) in [6.45, 7) is 1.37. The molecule has 0 saturated heterocycles. The van der Waals surface area contributed by atoms with Gasteiger partial charge >= 0.3 is 12.1 Å². The predicted octanol–water partition coefficient (Wildman–Crippen LogP) is 6.03. The first kappa shape index (κ1) is 22.7. The predicted molar refractivity (Wildman–Crippen MR) is 99.3 cm³/mol. The molecule has 0 N–H and O–H groups in total. The highest BCUT2D eigenvalue weighted by Gasteiger charge is 2.31. The Morgan fingerprint density at radius 2 is 1.86 bits per heavy atom. The number of ether oxygens (including phenoxy) is 3. The van der Waals surface area contributed by atoms with Gasteiger partial charge in [-0.05, 0) is 37.3 Å². The van der Waals surface area contributed by atoms with Crippen molar-refractivity contribution in [3.05, 3.63) is 52.0 Å². The van der Waals surface area contributed by atoms with Crippen LogP contribution in [-0.4, -0.2) is 18.7 Å². The van der Waals surface area contributed by atoms with E-state index in [0.717, 1.165) is 18.2 Å². The summed E-state index contributed by atoms with van der Waals surface area (Å²) in [7, 11) is 0. The standard InChI is InChI=1S/C19H14Cl2F3NO4/c1-11(18(26)27-8-2-7-25)28-17-10-13(4-5-14(17)20)29-16-6-3-12(9-15(16)21)19(22,23)24/h3-6,9-11H,2,8H2,1H3. The van der Waals surface area contributed by atoms with Gasteiger partial charge in [0.25, 0.3) is 0 Å². The molecule has 1 atom stereocenters. The van der Waals surface area contributed by atoms with Crippen molar-refractivity contribution in [1.29, 1.82) is 5.26 Å². The average Bonchev–Trinajstić information content (AvgIpc) is 2.65. The number of nitriles is 1. The second-order valence-corrected chi connectivity index (χ2v) is 6.49. The number of benzene rings is 2. The van der Waals surface area contributed by atoms with Crippen molar-refractivity contribution in [2.75, 3.05) is 6.61 Å². The first-order valence-electron chi connectivity index (χ1n) is 8.16. The van der Waals surface area contributed by atoms with Crippen molar-refractivity contribution in [1.82, 2.24) is 0 Å². The van der Waals surface area contributed by atoms with E-state index in [2.05, 4.69) is 0 Å². The number of alkyl halides is 3. The maximum Gasteiger partial charge on any atom is 0.416 e. The molecule has 0 saturated carbocycles. The van der Waals surface area contributed by atoms with Crippen molar-refractivity contribution in [2.24, 2.45) is 0 Å². The Kier molecular flexibility index (Phi) is 7.59. The quantitative estimate of drug-likeness (QED) is 0.382. The van der Waals surface area contributed by atoms with Crippen LogP contribution in [0.25, 0.3) is 0 Å². The first-order valence-corrected chi connectivity index (χ1v) is 8.92. The number of carbonyl (C=O) groups is 1. The van der Waals surface area contributed by atoms with Crippen LogP contribution in [0.4, 0.5) is 13.2 Å². The molecule has 5 nitrogen and oxygen atoms in total. The maximum atomic E-state index is 12.7. The highest BCUT2D eigenvalue weighted by Crippen LogP contribution is 2.38. The molecule has 0 amide bonds. The Morgan fingerprint density at radius 3 is 2.48 bits per heavy atom. The molecule has 2 rings (SSSR count). The molecule has 0 radical (unpaired) electrons. The Balaban J connectivity index is 2.13. The van der Waals surface area contributed by atoms with Gasteiger partial charge in [-0.2, -0.15) is 18.4 Å². The van der Waals surface area contributed by atoms with E-state index in [9.17, 15) is 18.0 Å². The molecule has 2 aromatic rings. The Labute approximate surface area is 174 Å². The molecule has 10 heteroatoms. The number of halogens is 5. The number of hydrogen-bond acceptors (Lipinski definition) is 5. The molecule has 0 aromatic heterocycles. The first-order chi connectivity index (χ1) is 13.6. The third-order valence-electron chi connectivity index (χ3n) is 3.48. The smallest absolute Gasteiger partial charge is 0.416 e. The van der Waals surface area contributed by atoms with Crippen LogP contribution in [0.3, 0.4) is 0 Å². The molecule has 2 aromatic carbocycles. The second kappa shape index (κ2) is 9.72. The third-order valence-corrected chi connectivity index (χ3v) is 4.09. The van der Waals surface area contributed by atoms with E-state index in [1.807, 2.05) is 6.07 Å². The summed E-state index contributed by atoms with van der Waals surface area (Å²) in [6.07, 6.45) is -5.49. The van der Waals surface area contributed by atoms with Gasteiger partial charge in [0.2, 0.25) is 0 Å². The van der Waals surface area contributed by atoms with Crippen molar-refractivity contribution in [3.63, 3.8) is 0 Å². The van der Waals surface area contributed by atoms with Crippen LogP contribution in [0.2, 0.25) is 10.0 Å². The van der Waals surface area contributed by atoms with E-state index < -0.39 is 23.8 Å². The fraction of sp³-hybridized carbons (Fsp3) is 0.263. The number of hydrogen-bond donors (Lipinski definition) is 0. The van der Waals surface area contributed by atoms with Gasteiger partial charge < -0.3 is 14.2 Å². The summed E-state index contributed by atoms with van der Waals surface area (Å²) in [4.78, 5) is 11.8. The van der Waals surface area contributed by atoms with Crippen LogP contribution in [0.15, 0.2) is 36.4 Å². The molecule has 154 valence electrons. The van der Waals surface area contributed by atoms with Crippen LogP contribution in [-0.2, 0) is 15.7 Å². The molecule has 0 aliphatic heterocycles. The lowest BCUT2D eigenvalue weighted by atomic mass is 10.2. The van der Waals surface area contributed by atoms with Gasteiger partial charge in [-0.1, -0.05) is 23.2 Å². The average molecular weight is 448 g/mol. The zero-order valence-corrected chi connectivity index (χ0v) is 16.4. The van der Waals surface area contributed by atoms with Gasteiger partial charge in [-0.25, -0.2) is 4.79 Å². The van der Waals surface area contributed by atoms with Crippen molar-refractivity contribution >= 4 is 29.2 Å². The summed E-state index contributed by atoms with van der Waals surface area (Å²) in [5.74, 6) is -0.418. The highest BCUT2D eigenvalue weighted by atomic mass is 35.5.